The number of hydrogen-bond donors (Lipinski definition) is 1. The second-order valence-corrected chi connectivity index (χ2v) is 8.44. The first-order valence-corrected chi connectivity index (χ1v) is 9.33. The summed E-state index contributed by atoms with van der Waals surface area (Å²) in [6.07, 6.45) is 0.432. The first-order valence-electron chi connectivity index (χ1n) is 6.72. The molecule has 0 saturated carbocycles. The maximum atomic E-state index is 12.6. The summed E-state index contributed by atoms with van der Waals surface area (Å²) in [4.78, 5) is 14.1. The lowest BCUT2D eigenvalue weighted by molar-refractivity contribution is 0.0655. The molecule has 1 saturated heterocycles. The van der Waals surface area contributed by atoms with Crippen molar-refractivity contribution in [2.75, 3.05) is 24.7 Å². The lowest BCUT2D eigenvalue weighted by atomic mass is 10.1. The van der Waals surface area contributed by atoms with Crippen LogP contribution in [0.5, 0.6) is 0 Å². The van der Waals surface area contributed by atoms with Gasteiger partial charge in [0.2, 0.25) is 0 Å². The van der Waals surface area contributed by atoms with Crippen LogP contribution in [-0.4, -0.2) is 55.0 Å². The zero-order chi connectivity index (χ0) is 15.6. The van der Waals surface area contributed by atoms with Gasteiger partial charge < -0.3 is 10.0 Å². The molecule has 0 radical (unpaired) electrons. The highest BCUT2D eigenvalue weighted by Crippen LogP contribution is 2.22. The first-order chi connectivity index (χ1) is 9.82. The highest BCUT2D eigenvalue weighted by Gasteiger charge is 2.34. The fourth-order valence-electron chi connectivity index (χ4n) is 2.60. The molecule has 7 heteroatoms. The standard InChI is InChI=1S/C14H18BrNO4S/c1-10-6-11(8-12(15)7-10)14(18)16(3-4-17)13-2-5-21(19,20)9-13/h6-8,13,17H,2-5,9H2,1H3. The Morgan fingerprint density at radius 2 is 2.14 bits per heavy atom. The molecule has 5 nitrogen and oxygen atoms in total. The maximum absolute atomic E-state index is 12.6. The maximum Gasteiger partial charge on any atom is 0.254 e. The molecule has 0 spiro atoms. The molecule has 1 aromatic rings. The summed E-state index contributed by atoms with van der Waals surface area (Å²) in [5, 5.41) is 9.18. The zero-order valence-electron chi connectivity index (χ0n) is 11.8. The van der Waals surface area contributed by atoms with E-state index in [1.807, 2.05) is 13.0 Å². The van der Waals surface area contributed by atoms with E-state index in [-0.39, 0.29) is 36.6 Å². The summed E-state index contributed by atoms with van der Waals surface area (Å²) in [5.41, 5.74) is 1.44. The Kier molecular flexibility index (Phi) is 5.06. The van der Waals surface area contributed by atoms with Crippen LogP contribution >= 0.6 is 15.9 Å². The topological polar surface area (TPSA) is 74.7 Å². The number of aryl methyl sites for hydroxylation is 1. The third-order valence-corrected chi connectivity index (χ3v) is 5.75. The average molecular weight is 376 g/mol. The molecule has 1 aromatic carbocycles. The summed E-state index contributed by atoms with van der Waals surface area (Å²) >= 11 is 3.35. The smallest absolute Gasteiger partial charge is 0.254 e. The molecular weight excluding hydrogens is 358 g/mol. The average Bonchev–Trinajstić information content (AvgIpc) is 2.74. The van der Waals surface area contributed by atoms with Crippen molar-refractivity contribution in [1.82, 2.24) is 4.90 Å². The van der Waals surface area contributed by atoms with Gasteiger partial charge in [0.25, 0.3) is 5.91 Å². The number of carbonyl (C=O) groups is 1. The SMILES string of the molecule is Cc1cc(Br)cc(C(=O)N(CCO)C2CCS(=O)(=O)C2)c1. The minimum Gasteiger partial charge on any atom is -0.395 e. The van der Waals surface area contributed by atoms with Crippen molar-refractivity contribution in [2.24, 2.45) is 0 Å². The van der Waals surface area contributed by atoms with E-state index in [0.717, 1.165) is 10.0 Å². The predicted molar refractivity (Wildman–Crippen MR) is 84.1 cm³/mol. The van der Waals surface area contributed by atoms with Gasteiger partial charge in [0.05, 0.1) is 18.1 Å². The highest BCUT2D eigenvalue weighted by atomic mass is 79.9. The molecule has 0 bridgehead atoms. The summed E-state index contributed by atoms with van der Waals surface area (Å²) in [5.74, 6) is -0.161. The van der Waals surface area contributed by atoms with Gasteiger partial charge in [-0.2, -0.15) is 0 Å². The van der Waals surface area contributed by atoms with Crippen LogP contribution in [0.2, 0.25) is 0 Å². The highest BCUT2D eigenvalue weighted by molar-refractivity contribution is 9.10. The fraction of sp³-hybridized carbons (Fsp3) is 0.500. The van der Waals surface area contributed by atoms with Crippen LogP contribution < -0.4 is 0 Å². The molecule has 1 heterocycles. The molecule has 1 aliphatic rings. The Morgan fingerprint density at radius 1 is 1.43 bits per heavy atom. The van der Waals surface area contributed by atoms with E-state index in [1.165, 1.54) is 4.90 Å². The van der Waals surface area contributed by atoms with E-state index >= 15 is 0 Å². The Bertz CT molecular complexity index is 624. The van der Waals surface area contributed by atoms with Crippen LogP contribution in [0.4, 0.5) is 0 Å². The molecule has 116 valence electrons. The fourth-order valence-corrected chi connectivity index (χ4v) is 4.94. The van der Waals surface area contributed by atoms with Crippen molar-refractivity contribution in [3.63, 3.8) is 0 Å². The molecule has 1 atom stereocenters. The summed E-state index contributed by atoms with van der Waals surface area (Å²) in [7, 11) is -3.08. The number of hydrogen-bond acceptors (Lipinski definition) is 4. The largest absolute Gasteiger partial charge is 0.395 e. The molecule has 1 amide bonds. The molecule has 0 aromatic heterocycles. The van der Waals surface area contributed by atoms with Gasteiger partial charge >= 0.3 is 0 Å². The van der Waals surface area contributed by atoms with Crippen molar-refractivity contribution in [2.45, 2.75) is 19.4 Å². The number of halogens is 1. The van der Waals surface area contributed by atoms with Crippen LogP contribution in [0, 0.1) is 6.92 Å². The second kappa shape index (κ2) is 6.46. The van der Waals surface area contributed by atoms with Gasteiger partial charge in [-0.25, -0.2) is 8.42 Å². The van der Waals surface area contributed by atoms with Crippen LogP contribution in [0.1, 0.15) is 22.3 Å². The van der Waals surface area contributed by atoms with E-state index in [0.29, 0.717) is 12.0 Å². The Morgan fingerprint density at radius 3 is 2.67 bits per heavy atom. The number of sulfone groups is 1. The molecule has 2 rings (SSSR count). The molecule has 1 unspecified atom stereocenters. The monoisotopic (exact) mass is 375 g/mol. The predicted octanol–water partition coefficient (Wildman–Crippen LogP) is 1.38. The van der Waals surface area contributed by atoms with Gasteiger partial charge in [0.15, 0.2) is 9.84 Å². The van der Waals surface area contributed by atoms with Gasteiger partial charge in [-0.05, 0) is 37.1 Å². The zero-order valence-corrected chi connectivity index (χ0v) is 14.2. The van der Waals surface area contributed by atoms with Crippen molar-refractivity contribution in [1.29, 1.82) is 0 Å². The van der Waals surface area contributed by atoms with Gasteiger partial charge in [0, 0.05) is 22.6 Å². The van der Waals surface area contributed by atoms with Crippen LogP contribution in [0.15, 0.2) is 22.7 Å². The summed E-state index contributed by atoms with van der Waals surface area (Å²) < 4.78 is 24.0. The van der Waals surface area contributed by atoms with E-state index in [4.69, 9.17) is 0 Å². The van der Waals surface area contributed by atoms with Gasteiger partial charge in [-0.3, -0.25) is 4.79 Å². The van der Waals surface area contributed by atoms with Crippen LogP contribution in [-0.2, 0) is 9.84 Å². The Hall–Kier alpha value is -0.920. The minimum absolute atomic E-state index is 0.0221. The first kappa shape index (κ1) is 16.5. The number of carbonyl (C=O) groups excluding carboxylic acids is 1. The number of rotatable bonds is 4. The molecule has 1 aliphatic heterocycles. The lowest BCUT2D eigenvalue weighted by Gasteiger charge is -2.27. The number of nitrogens with zero attached hydrogens (tertiary/aromatic N) is 1. The van der Waals surface area contributed by atoms with Crippen molar-refractivity contribution >= 4 is 31.7 Å². The Labute approximate surface area is 133 Å². The third-order valence-electron chi connectivity index (χ3n) is 3.54. The van der Waals surface area contributed by atoms with E-state index < -0.39 is 9.84 Å². The lowest BCUT2D eigenvalue weighted by Crippen LogP contribution is -2.42. The molecule has 1 fully saturated rings. The number of aliphatic hydroxyl groups excluding tert-OH is 1. The molecule has 1 N–H and O–H groups in total. The van der Waals surface area contributed by atoms with Gasteiger partial charge in [-0.1, -0.05) is 15.9 Å². The second-order valence-electron chi connectivity index (χ2n) is 5.30. The van der Waals surface area contributed by atoms with Gasteiger partial charge in [0.1, 0.15) is 0 Å². The van der Waals surface area contributed by atoms with E-state index in [1.54, 1.807) is 12.1 Å². The number of amides is 1. The summed E-state index contributed by atoms with van der Waals surface area (Å²) in [6.45, 7) is 1.85. The van der Waals surface area contributed by atoms with E-state index in [9.17, 15) is 18.3 Å². The Balaban J connectivity index is 2.27. The number of aliphatic hydroxyl groups is 1. The third kappa shape index (κ3) is 4.05. The number of benzene rings is 1. The molecule has 21 heavy (non-hydrogen) atoms. The normalized spacial score (nSPS) is 20.4. The van der Waals surface area contributed by atoms with Crippen LogP contribution in [0.3, 0.4) is 0 Å². The summed E-state index contributed by atoms with van der Waals surface area (Å²) in [6, 6.07) is 5.02. The van der Waals surface area contributed by atoms with Crippen LogP contribution in [0.25, 0.3) is 0 Å². The van der Waals surface area contributed by atoms with Crippen molar-refractivity contribution in [3.8, 4) is 0 Å². The minimum atomic E-state index is -3.08. The van der Waals surface area contributed by atoms with E-state index in [2.05, 4.69) is 15.9 Å². The van der Waals surface area contributed by atoms with Crippen molar-refractivity contribution < 1.29 is 18.3 Å². The molecular formula is C14H18BrNO4S. The molecule has 0 aliphatic carbocycles. The van der Waals surface area contributed by atoms with Crippen molar-refractivity contribution in [3.05, 3.63) is 33.8 Å². The quantitative estimate of drug-likeness (QED) is 0.862. The van der Waals surface area contributed by atoms with Gasteiger partial charge in [-0.15, -0.1) is 0 Å².